The van der Waals surface area contributed by atoms with Crippen molar-refractivity contribution >= 4 is 11.9 Å². The van der Waals surface area contributed by atoms with Gasteiger partial charge in [-0.05, 0) is 30.7 Å². The molecule has 0 heterocycles. The molecule has 0 N–H and O–H groups in total. The second-order valence-corrected chi connectivity index (χ2v) is 4.77. The van der Waals surface area contributed by atoms with Crippen LogP contribution in [0.4, 0.5) is 0 Å². The van der Waals surface area contributed by atoms with E-state index in [9.17, 15) is 19.8 Å². The lowest BCUT2D eigenvalue weighted by molar-refractivity contribution is -0.328. The van der Waals surface area contributed by atoms with E-state index < -0.39 is 23.8 Å². The number of hydrogen-bond acceptors (Lipinski definition) is 4. The molecule has 1 aromatic carbocycles. The number of carbonyl (C=O) groups excluding carboxylic acids is 2. The fraction of sp³-hybridized carbons (Fsp3) is 0.429. The zero-order valence-electron chi connectivity index (χ0n) is 9.87. The van der Waals surface area contributed by atoms with Crippen molar-refractivity contribution in [2.75, 3.05) is 0 Å². The Labute approximate surface area is 105 Å². The molecule has 4 heteroatoms. The quantitative estimate of drug-likeness (QED) is 0.732. The van der Waals surface area contributed by atoms with Gasteiger partial charge in [0.1, 0.15) is 0 Å². The summed E-state index contributed by atoms with van der Waals surface area (Å²) in [4.78, 5) is 22.0. The van der Waals surface area contributed by atoms with Crippen LogP contribution in [0.2, 0.25) is 0 Å². The Balaban J connectivity index is 2.16. The van der Waals surface area contributed by atoms with Crippen molar-refractivity contribution in [2.45, 2.75) is 25.2 Å². The fourth-order valence-corrected chi connectivity index (χ4v) is 2.74. The summed E-state index contributed by atoms with van der Waals surface area (Å²) >= 11 is 0. The summed E-state index contributed by atoms with van der Waals surface area (Å²) in [6.45, 7) is 0. The van der Waals surface area contributed by atoms with Gasteiger partial charge in [-0.15, -0.1) is 0 Å². The third kappa shape index (κ3) is 2.53. The highest BCUT2D eigenvalue weighted by atomic mass is 16.4. The normalized spacial score (nSPS) is 27.7. The van der Waals surface area contributed by atoms with E-state index in [0.717, 1.165) is 5.56 Å². The van der Waals surface area contributed by atoms with Gasteiger partial charge in [0.25, 0.3) is 0 Å². The SMILES string of the molecule is O=C([O-])[C@H]1C[C@H](c2ccccc2)CC[C@H]1C(=O)[O-]. The number of rotatable bonds is 3. The molecule has 0 radical (unpaired) electrons. The number of hydrogen-bond donors (Lipinski definition) is 0. The number of benzene rings is 1. The molecule has 1 fully saturated rings. The van der Waals surface area contributed by atoms with Gasteiger partial charge in [-0.2, -0.15) is 0 Å². The molecule has 0 aliphatic heterocycles. The summed E-state index contributed by atoms with van der Waals surface area (Å²) in [6, 6.07) is 9.57. The van der Waals surface area contributed by atoms with Crippen LogP contribution in [0.15, 0.2) is 30.3 Å². The van der Waals surface area contributed by atoms with Crippen LogP contribution < -0.4 is 10.2 Å². The van der Waals surface area contributed by atoms with Gasteiger partial charge in [0.2, 0.25) is 0 Å². The molecule has 1 saturated carbocycles. The molecule has 0 amide bonds. The molecule has 4 nitrogen and oxygen atoms in total. The molecule has 96 valence electrons. The topological polar surface area (TPSA) is 80.3 Å². The van der Waals surface area contributed by atoms with E-state index in [1.165, 1.54) is 0 Å². The Morgan fingerprint density at radius 1 is 0.944 bits per heavy atom. The molecule has 2 rings (SSSR count). The van der Waals surface area contributed by atoms with E-state index in [-0.39, 0.29) is 5.92 Å². The summed E-state index contributed by atoms with van der Waals surface area (Å²) in [5.41, 5.74) is 1.06. The minimum Gasteiger partial charge on any atom is -0.550 e. The Morgan fingerprint density at radius 2 is 1.56 bits per heavy atom. The van der Waals surface area contributed by atoms with Crippen LogP contribution >= 0.6 is 0 Å². The van der Waals surface area contributed by atoms with E-state index in [4.69, 9.17) is 0 Å². The molecule has 1 aliphatic rings. The first-order valence-electron chi connectivity index (χ1n) is 6.06. The summed E-state index contributed by atoms with van der Waals surface area (Å²) in [5, 5.41) is 22.0. The van der Waals surface area contributed by atoms with Gasteiger partial charge < -0.3 is 19.8 Å². The van der Waals surface area contributed by atoms with Crippen molar-refractivity contribution in [3.05, 3.63) is 35.9 Å². The van der Waals surface area contributed by atoms with Gasteiger partial charge in [-0.3, -0.25) is 0 Å². The van der Waals surface area contributed by atoms with E-state index in [2.05, 4.69) is 0 Å². The molecule has 0 saturated heterocycles. The predicted molar refractivity (Wildman–Crippen MR) is 60.0 cm³/mol. The molecule has 0 spiro atoms. The van der Waals surface area contributed by atoms with Crippen LogP contribution in [0.25, 0.3) is 0 Å². The van der Waals surface area contributed by atoms with Crippen molar-refractivity contribution in [2.24, 2.45) is 11.8 Å². The summed E-state index contributed by atoms with van der Waals surface area (Å²) in [6.07, 6.45) is 1.32. The van der Waals surface area contributed by atoms with Crippen molar-refractivity contribution in [1.82, 2.24) is 0 Å². The van der Waals surface area contributed by atoms with Crippen molar-refractivity contribution in [1.29, 1.82) is 0 Å². The summed E-state index contributed by atoms with van der Waals surface area (Å²) in [7, 11) is 0. The van der Waals surface area contributed by atoms with Crippen LogP contribution in [0.3, 0.4) is 0 Å². The van der Waals surface area contributed by atoms with E-state index in [0.29, 0.717) is 19.3 Å². The van der Waals surface area contributed by atoms with Crippen molar-refractivity contribution < 1.29 is 19.8 Å². The van der Waals surface area contributed by atoms with Gasteiger partial charge in [0.15, 0.2) is 0 Å². The molecular weight excluding hydrogens is 232 g/mol. The number of carbonyl (C=O) groups is 2. The number of carboxylic acid groups (broad SMARTS) is 2. The monoisotopic (exact) mass is 246 g/mol. The van der Waals surface area contributed by atoms with Gasteiger partial charge in [0, 0.05) is 23.8 Å². The smallest absolute Gasteiger partial charge is 0.0452 e. The lowest BCUT2D eigenvalue weighted by Gasteiger charge is -2.37. The highest BCUT2D eigenvalue weighted by molar-refractivity contribution is 5.78. The molecule has 0 bridgehead atoms. The first-order valence-corrected chi connectivity index (χ1v) is 6.06. The Hall–Kier alpha value is -1.84. The summed E-state index contributed by atoms with van der Waals surface area (Å²) < 4.78 is 0. The second kappa shape index (κ2) is 5.21. The summed E-state index contributed by atoms with van der Waals surface area (Å²) in [5.74, 6) is -4.35. The third-order valence-corrected chi connectivity index (χ3v) is 3.73. The standard InChI is InChI=1S/C14H16O4/c15-13(16)11-7-6-10(8-12(11)14(17)18)9-4-2-1-3-5-9/h1-5,10-12H,6-8H2,(H,15,16)(H,17,18)/p-2/t10-,11-,12+/m1/s1. The maximum absolute atomic E-state index is 11.0. The molecule has 0 aromatic heterocycles. The lowest BCUT2D eigenvalue weighted by Crippen LogP contribution is -2.46. The number of aliphatic carboxylic acids is 2. The van der Waals surface area contributed by atoms with Gasteiger partial charge in [0.05, 0.1) is 0 Å². The average molecular weight is 246 g/mol. The maximum Gasteiger partial charge on any atom is 0.0452 e. The minimum atomic E-state index is -1.29. The van der Waals surface area contributed by atoms with E-state index in [1.54, 1.807) is 0 Å². The molecule has 1 aliphatic carbocycles. The van der Waals surface area contributed by atoms with Gasteiger partial charge in [-0.25, -0.2) is 0 Å². The fourth-order valence-electron chi connectivity index (χ4n) is 2.74. The Bertz CT molecular complexity index is 440. The largest absolute Gasteiger partial charge is 0.550 e. The van der Waals surface area contributed by atoms with E-state index in [1.807, 2.05) is 30.3 Å². The number of carboxylic acids is 2. The van der Waals surface area contributed by atoms with Crippen LogP contribution in [-0.4, -0.2) is 11.9 Å². The molecule has 3 atom stereocenters. The van der Waals surface area contributed by atoms with Crippen molar-refractivity contribution in [3.8, 4) is 0 Å². The zero-order valence-corrected chi connectivity index (χ0v) is 9.87. The average Bonchev–Trinajstić information content (AvgIpc) is 2.39. The van der Waals surface area contributed by atoms with Crippen LogP contribution in [0.5, 0.6) is 0 Å². The van der Waals surface area contributed by atoms with Crippen molar-refractivity contribution in [3.63, 3.8) is 0 Å². The van der Waals surface area contributed by atoms with Crippen LogP contribution in [0, 0.1) is 11.8 Å². The van der Waals surface area contributed by atoms with Crippen LogP contribution in [-0.2, 0) is 9.59 Å². The predicted octanol–water partition coefficient (Wildman–Crippen LogP) is -0.314. The van der Waals surface area contributed by atoms with Gasteiger partial charge in [-0.1, -0.05) is 30.3 Å². The minimum absolute atomic E-state index is 0.0877. The highest BCUT2D eigenvalue weighted by Gasteiger charge is 2.32. The first-order chi connectivity index (χ1) is 8.59. The second-order valence-electron chi connectivity index (χ2n) is 4.77. The molecule has 1 aromatic rings. The van der Waals surface area contributed by atoms with Gasteiger partial charge >= 0.3 is 0 Å². The maximum atomic E-state index is 11.0. The highest BCUT2D eigenvalue weighted by Crippen LogP contribution is 2.39. The molecule has 18 heavy (non-hydrogen) atoms. The van der Waals surface area contributed by atoms with E-state index >= 15 is 0 Å². The van der Waals surface area contributed by atoms with Crippen LogP contribution in [0.1, 0.15) is 30.7 Å². The molecular formula is C14H14O4-2. The lowest BCUT2D eigenvalue weighted by atomic mass is 9.72. The third-order valence-electron chi connectivity index (χ3n) is 3.73. The molecule has 0 unspecified atom stereocenters. The Morgan fingerprint density at radius 3 is 2.11 bits per heavy atom. The first kappa shape index (κ1) is 12.6. The zero-order chi connectivity index (χ0) is 13.1. The Kier molecular flexibility index (Phi) is 3.65.